The lowest BCUT2D eigenvalue weighted by Crippen LogP contribution is -2.29. The highest BCUT2D eigenvalue weighted by molar-refractivity contribution is 5.89. The summed E-state index contributed by atoms with van der Waals surface area (Å²) in [5.41, 5.74) is 1.33. The van der Waals surface area contributed by atoms with Crippen molar-refractivity contribution in [2.75, 3.05) is 40.1 Å². The van der Waals surface area contributed by atoms with Gasteiger partial charge in [0.2, 0.25) is 12.0 Å². The Morgan fingerprint density at radius 3 is 2.62 bits per heavy atom. The smallest absolute Gasteiger partial charge is 0.373 e. The Kier molecular flexibility index (Phi) is 9.36. The molecule has 2 rings (SSSR count). The van der Waals surface area contributed by atoms with Crippen LogP contribution < -0.4 is 0 Å². The van der Waals surface area contributed by atoms with Gasteiger partial charge in [0.1, 0.15) is 6.61 Å². The van der Waals surface area contributed by atoms with Gasteiger partial charge in [-0.2, -0.15) is 0 Å². The Hall–Kier alpha value is -2.68. The molecule has 8 heteroatoms. The molecule has 0 aromatic heterocycles. The molecule has 1 aliphatic rings. The first kappa shape index (κ1) is 22.6. The second kappa shape index (κ2) is 12.0. The first-order valence-electron chi connectivity index (χ1n) is 9.24. The summed E-state index contributed by atoms with van der Waals surface area (Å²) in [6.07, 6.45) is 2.95. The number of allylic oxidation sites excluding steroid dienone is 1. The van der Waals surface area contributed by atoms with E-state index in [0.29, 0.717) is 18.6 Å². The third kappa shape index (κ3) is 7.01. The number of benzene rings is 1. The maximum Gasteiger partial charge on any atom is 0.373 e. The summed E-state index contributed by atoms with van der Waals surface area (Å²) in [5.74, 6) is -1.14. The van der Waals surface area contributed by atoms with Crippen LogP contribution in [0.2, 0.25) is 0 Å². The highest BCUT2D eigenvalue weighted by Crippen LogP contribution is 2.32. The van der Waals surface area contributed by atoms with E-state index in [0.717, 1.165) is 5.56 Å². The van der Waals surface area contributed by atoms with Gasteiger partial charge in [-0.15, -0.1) is 0 Å². The lowest BCUT2D eigenvalue weighted by molar-refractivity contribution is -0.163. The van der Waals surface area contributed by atoms with Crippen molar-refractivity contribution in [2.45, 2.75) is 18.6 Å². The molecular weight excluding hydrogens is 380 g/mol. The molecule has 8 nitrogen and oxygen atoms in total. The van der Waals surface area contributed by atoms with Gasteiger partial charge in [0.25, 0.3) is 0 Å². The third-order valence-electron chi connectivity index (χ3n) is 4.12. The van der Waals surface area contributed by atoms with Crippen LogP contribution in [-0.2, 0) is 28.5 Å². The minimum absolute atomic E-state index is 0.0569. The van der Waals surface area contributed by atoms with Crippen molar-refractivity contribution < 1.29 is 38.4 Å². The van der Waals surface area contributed by atoms with Gasteiger partial charge in [-0.3, -0.25) is 0 Å². The summed E-state index contributed by atoms with van der Waals surface area (Å²) in [6.45, 7) is 4.28. The van der Waals surface area contributed by atoms with Gasteiger partial charge in [0.05, 0.1) is 39.1 Å². The van der Waals surface area contributed by atoms with E-state index < -0.39 is 18.2 Å². The maximum absolute atomic E-state index is 12.2. The van der Waals surface area contributed by atoms with E-state index in [9.17, 15) is 9.59 Å². The summed E-state index contributed by atoms with van der Waals surface area (Å²) in [4.78, 5) is 23.9. The Morgan fingerprint density at radius 1 is 1.21 bits per heavy atom. The van der Waals surface area contributed by atoms with Crippen LogP contribution in [0.25, 0.3) is 0 Å². The van der Waals surface area contributed by atoms with Gasteiger partial charge in [0.15, 0.2) is 0 Å². The first-order valence-corrected chi connectivity index (χ1v) is 9.24. The summed E-state index contributed by atoms with van der Waals surface area (Å²) in [6, 6.07) is 6.93. The molecule has 0 bridgehead atoms. The van der Waals surface area contributed by atoms with E-state index in [1.54, 1.807) is 30.3 Å². The van der Waals surface area contributed by atoms with E-state index in [-0.39, 0.29) is 38.1 Å². The van der Waals surface area contributed by atoms with Crippen LogP contribution in [-0.4, -0.2) is 63.5 Å². The van der Waals surface area contributed by atoms with Crippen LogP contribution in [0.1, 0.15) is 28.3 Å². The fraction of sp³-hybridized carbons (Fsp3) is 0.429. The SMILES string of the molecule is C=CCOC(=O)C1=C[C@H](c2ccc(C(=O)OC)cc2)C[C@H](OCCOCCO)O1. The minimum atomic E-state index is -0.672. The second-order valence-electron chi connectivity index (χ2n) is 6.13. The number of carbonyl (C=O) groups is 2. The van der Waals surface area contributed by atoms with E-state index >= 15 is 0 Å². The number of methoxy groups -OCH3 is 1. The molecule has 1 aliphatic heterocycles. The molecule has 1 aromatic rings. The normalized spacial score (nSPS) is 18.3. The van der Waals surface area contributed by atoms with Crippen LogP contribution in [0.5, 0.6) is 0 Å². The quantitative estimate of drug-likeness (QED) is 0.338. The number of esters is 2. The lowest BCUT2D eigenvalue weighted by atomic mass is 9.92. The Labute approximate surface area is 169 Å². The molecule has 0 saturated heterocycles. The lowest BCUT2D eigenvalue weighted by Gasteiger charge is -2.29. The van der Waals surface area contributed by atoms with E-state index in [1.165, 1.54) is 13.2 Å². The summed E-state index contributed by atoms with van der Waals surface area (Å²) >= 11 is 0. The zero-order valence-corrected chi connectivity index (χ0v) is 16.4. The number of rotatable bonds is 11. The first-order chi connectivity index (χ1) is 14.1. The summed E-state index contributed by atoms with van der Waals surface area (Å²) in [7, 11) is 1.32. The van der Waals surface area contributed by atoms with Crippen molar-refractivity contribution >= 4 is 11.9 Å². The highest BCUT2D eigenvalue weighted by Gasteiger charge is 2.29. The van der Waals surface area contributed by atoms with Gasteiger partial charge in [-0.05, 0) is 23.8 Å². The van der Waals surface area contributed by atoms with E-state index in [2.05, 4.69) is 6.58 Å². The molecule has 0 unspecified atom stereocenters. The molecule has 0 amide bonds. The maximum atomic E-state index is 12.2. The molecule has 0 fully saturated rings. The largest absolute Gasteiger partial charge is 0.465 e. The van der Waals surface area contributed by atoms with Gasteiger partial charge < -0.3 is 28.8 Å². The molecule has 2 atom stereocenters. The number of carbonyl (C=O) groups excluding carboxylic acids is 2. The Morgan fingerprint density at radius 2 is 1.97 bits per heavy atom. The summed E-state index contributed by atoms with van der Waals surface area (Å²) in [5, 5.41) is 8.73. The molecule has 1 heterocycles. The number of hydrogen-bond acceptors (Lipinski definition) is 8. The average Bonchev–Trinajstić information content (AvgIpc) is 2.76. The third-order valence-corrected chi connectivity index (χ3v) is 4.12. The highest BCUT2D eigenvalue weighted by atomic mass is 16.7. The van der Waals surface area contributed by atoms with Crippen molar-refractivity contribution in [2.24, 2.45) is 0 Å². The van der Waals surface area contributed by atoms with Gasteiger partial charge in [-0.1, -0.05) is 24.8 Å². The van der Waals surface area contributed by atoms with Crippen molar-refractivity contribution in [3.63, 3.8) is 0 Å². The van der Waals surface area contributed by atoms with Crippen molar-refractivity contribution in [3.05, 3.63) is 59.9 Å². The molecule has 1 N–H and O–H groups in total. The van der Waals surface area contributed by atoms with Crippen molar-refractivity contribution in [1.82, 2.24) is 0 Å². The second-order valence-corrected chi connectivity index (χ2v) is 6.13. The van der Waals surface area contributed by atoms with Gasteiger partial charge in [0, 0.05) is 12.3 Å². The Balaban J connectivity index is 2.11. The number of ether oxygens (including phenoxy) is 5. The van der Waals surface area contributed by atoms with Crippen LogP contribution >= 0.6 is 0 Å². The molecular formula is C21H26O8. The predicted octanol–water partition coefficient (Wildman–Crippen LogP) is 1.94. The van der Waals surface area contributed by atoms with Crippen LogP contribution in [0.15, 0.2) is 48.8 Å². The zero-order chi connectivity index (χ0) is 21.1. The molecule has 29 heavy (non-hydrogen) atoms. The average molecular weight is 406 g/mol. The number of aliphatic hydroxyl groups is 1. The molecule has 0 spiro atoms. The van der Waals surface area contributed by atoms with Gasteiger partial charge >= 0.3 is 11.9 Å². The van der Waals surface area contributed by atoms with E-state index in [4.69, 9.17) is 28.8 Å². The van der Waals surface area contributed by atoms with Crippen molar-refractivity contribution in [3.8, 4) is 0 Å². The number of hydrogen-bond donors (Lipinski definition) is 1. The fourth-order valence-electron chi connectivity index (χ4n) is 2.73. The number of aliphatic hydroxyl groups excluding tert-OH is 1. The van der Waals surface area contributed by atoms with Crippen LogP contribution in [0.4, 0.5) is 0 Å². The zero-order valence-electron chi connectivity index (χ0n) is 16.4. The van der Waals surface area contributed by atoms with Crippen molar-refractivity contribution in [1.29, 1.82) is 0 Å². The van der Waals surface area contributed by atoms with Crippen LogP contribution in [0.3, 0.4) is 0 Å². The van der Waals surface area contributed by atoms with Crippen LogP contribution in [0, 0.1) is 0 Å². The standard InChI is InChI=1S/C21H26O8/c1-3-9-28-21(24)18-13-17(14-19(29-18)27-12-11-26-10-8-22)15-4-6-16(7-5-15)20(23)25-2/h3-7,13,17,19,22H,1,8-12,14H2,2H3/t17-,19+/m0/s1. The molecule has 1 aromatic carbocycles. The summed E-state index contributed by atoms with van der Waals surface area (Å²) < 4.78 is 26.3. The molecule has 0 saturated carbocycles. The fourth-order valence-corrected chi connectivity index (χ4v) is 2.73. The molecule has 158 valence electrons. The monoisotopic (exact) mass is 406 g/mol. The van der Waals surface area contributed by atoms with E-state index in [1.807, 2.05) is 0 Å². The molecule has 0 aliphatic carbocycles. The predicted molar refractivity (Wildman–Crippen MR) is 103 cm³/mol. The van der Waals surface area contributed by atoms with Gasteiger partial charge in [-0.25, -0.2) is 9.59 Å². The Bertz CT molecular complexity index is 710. The minimum Gasteiger partial charge on any atom is -0.465 e. The topological polar surface area (TPSA) is 101 Å². The molecule has 0 radical (unpaired) electrons.